The Morgan fingerprint density at radius 2 is 1.67 bits per heavy atom. The molecule has 5 nitrogen and oxygen atoms in total. The van der Waals surface area contributed by atoms with E-state index in [0.29, 0.717) is 5.25 Å². The van der Waals surface area contributed by atoms with Crippen LogP contribution in [0.4, 0.5) is 0 Å². The van der Waals surface area contributed by atoms with Gasteiger partial charge in [0.15, 0.2) is 0 Å². The van der Waals surface area contributed by atoms with E-state index in [9.17, 15) is 0 Å². The monoisotopic (exact) mass is 381 g/mol. The highest BCUT2D eigenvalue weighted by Crippen LogP contribution is 2.44. The third kappa shape index (κ3) is 4.65. The highest BCUT2D eigenvalue weighted by molar-refractivity contribution is 7.99. The first-order valence-corrected chi connectivity index (χ1v) is 9.58. The maximum Gasteiger partial charge on any atom is 0.414 e. The van der Waals surface area contributed by atoms with Crippen LogP contribution in [0, 0.1) is 0 Å². The lowest BCUT2D eigenvalue weighted by Crippen LogP contribution is -2.09. The fourth-order valence-corrected chi connectivity index (χ4v) is 4.53. The van der Waals surface area contributed by atoms with Gasteiger partial charge in [0.25, 0.3) is 0 Å². The molecule has 0 spiro atoms. The molecule has 0 fully saturated rings. The lowest BCUT2D eigenvalue weighted by Gasteiger charge is -2.11. The molecule has 0 saturated carbocycles. The zero-order valence-corrected chi connectivity index (χ0v) is 15.4. The van der Waals surface area contributed by atoms with Crippen molar-refractivity contribution in [3.63, 3.8) is 0 Å². The topological polar surface area (TPSA) is 87.5 Å². The van der Waals surface area contributed by atoms with Crippen molar-refractivity contribution in [3.05, 3.63) is 77.6 Å². The normalized spacial score (nSPS) is 14.4. The fourth-order valence-electron chi connectivity index (χ4n) is 3.22. The van der Waals surface area contributed by atoms with Crippen LogP contribution in [0.15, 0.2) is 60.9 Å². The Kier molecular flexibility index (Phi) is 6.08. The SMILES string of the molecule is O=C(O)C(=O)O.c1cc2c3c(cccc3c1)C(SCCc1ccncc1)C2. The van der Waals surface area contributed by atoms with Gasteiger partial charge in [-0.05, 0) is 58.2 Å². The van der Waals surface area contributed by atoms with Crippen LogP contribution in [0.1, 0.15) is 21.9 Å². The number of aliphatic carboxylic acids is 2. The van der Waals surface area contributed by atoms with Gasteiger partial charge in [-0.2, -0.15) is 11.8 Å². The van der Waals surface area contributed by atoms with E-state index in [0.717, 1.165) is 6.42 Å². The predicted octanol–water partition coefficient (Wildman–Crippen LogP) is 3.96. The van der Waals surface area contributed by atoms with Crippen molar-refractivity contribution in [2.75, 3.05) is 5.75 Å². The van der Waals surface area contributed by atoms with Crippen LogP contribution in [0.2, 0.25) is 0 Å². The minimum atomic E-state index is -1.82. The van der Waals surface area contributed by atoms with Crippen molar-refractivity contribution < 1.29 is 19.8 Å². The number of hydrogen-bond acceptors (Lipinski definition) is 4. The van der Waals surface area contributed by atoms with Crippen molar-refractivity contribution in [2.24, 2.45) is 0 Å². The van der Waals surface area contributed by atoms with E-state index in [4.69, 9.17) is 19.8 Å². The summed E-state index contributed by atoms with van der Waals surface area (Å²) in [6.45, 7) is 0. The maximum atomic E-state index is 9.10. The van der Waals surface area contributed by atoms with Crippen LogP contribution < -0.4 is 0 Å². The lowest BCUT2D eigenvalue weighted by molar-refractivity contribution is -0.159. The van der Waals surface area contributed by atoms with E-state index in [1.807, 2.05) is 12.4 Å². The second kappa shape index (κ2) is 8.68. The van der Waals surface area contributed by atoms with E-state index < -0.39 is 11.9 Å². The Hall–Kier alpha value is -2.86. The molecule has 1 unspecified atom stereocenters. The van der Waals surface area contributed by atoms with Crippen molar-refractivity contribution >= 4 is 34.5 Å². The molecule has 27 heavy (non-hydrogen) atoms. The molecule has 1 atom stereocenters. The number of hydrogen-bond donors (Lipinski definition) is 2. The third-order valence-electron chi connectivity index (χ3n) is 4.42. The molecule has 6 heteroatoms. The number of rotatable bonds is 4. The second-order valence-electron chi connectivity index (χ2n) is 6.14. The summed E-state index contributed by atoms with van der Waals surface area (Å²) in [7, 11) is 0. The Morgan fingerprint density at radius 3 is 2.33 bits per heavy atom. The summed E-state index contributed by atoms with van der Waals surface area (Å²) >= 11 is 2.09. The smallest absolute Gasteiger partial charge is 0.414 e. The average Bonchev–Trinajstić information content (AvgIpc) is 3.03. The molecule has 0 saturated heterocycles. The summed E-state index contributed by atoms with van der Waals surface area (Å²) in [4.78, 5) is 22.3. The van der Waals surface area contributed by atoms with Crippen molar-refractivity contribution in [1.29, 1.82) is 0 Å². The molecule has 3 aromatic rings. The predicted molar refractivity (Wildman–Crippen MR) is 106 cm³/mol. The number of pyridine rings is 1. The molecular weight excluding hydrogens is 362 g/mol. The van der Waals surface area contributed by atoms with Crippen LogP contribution in [-0.2, 0) is 22.4 Å². The van der Waals surface area contributed by atoms with E-state index in [-0.39, 0.29) is 0 Å². The van der Waals surface area contributed by atoms with Gasteiger partial charge in [-0.3, -0.25) is 4.98 Å². The summed E-state index contributed by atoms with van der Waals surface area (Å²) in [5.74, 6) is -2.48. The molecular formula is C21H19NO4S. The molecule has 1 heterocycles. The zero-order valence-electron chi connectivity index (χ0n) is 14.5. The highest BCUT2D eigenvalue weighted by Gasteiger charge is 2.23. The van der Waals surface area contributed by atoms with Gasteiger partial charge in [-0.1, -0.05) is 36.4 Å². The fraction of sp³-hybridized carbons (Fsp3) is 0.190. The molecule has 0 radical (unpaired) electrons. The number of carboxylic acids is 2. The van der Waals surface area contributed by atoms with Gasteiger partial charge < -0.3 is 10.2 Å². The largest absolute Gasteiger partial charge is 0.473 e. The minimum absolute atomic E-state index is 0.618. The molecule has 0 amide bonds. The number of aromatic nitrogens is 1. The van der Waals surface area contributed by atoms with Gasteiger partial charge in [0.1, 0.15) is 0 Å². The van der Waals surface area contributed by atoms with Gasteiger partial charge >= 0.3 is 11.9 Å². The molecule has 0 bridgehead atoms. The van der Waals surface area contributed by atoms with Gasteiger partial charge in [0.2, 0.25) is 0 Å². The summed E-state index contributed by atoms with van der Waals surface area (Å²) in [6, 6.07) is 17.7. The summed E-state index contributed by atoms with van der Waals surface area (Å²) < 4.78 is 0. The molecule has 1 aromatic heterocycles. The van der Waals surface area contributed by atoms with E-state index in [1.54, 1.807) is 0 Å². The quantitative estimate of drug-likeness (QED) is 0.665. The first-order chi connectivity index (χ1) is 13.1. The van der Waals surface area contributed by atoms with Crippen LogP contribution in [0.3, 0.4) is 0 Å². The van der Waals surface area contributed by atoms with Crippen LogP contribution in [0.5, 0.6) is 0 Å². The first-order valence-electron chi connectivity index (χ1n) is 8.53. The van der Waals surface area contributed by atoms with Crippen molar-refractivity contribution in [2.45, 2.75) is 18.1 Å². The van der Waals surface area contributed by atoms with Crippen LogP contribution in [-0.4, -0.2) is 32.9 Å². The standard InChI is InChI=1S/C19H17NS.C2H2O4/c1-3-15-4-2-6-17-18(13-16(5-1)19(15)17)21-12-9-14-7-10-20-11-8-14;3-1(4)2(5)6/h1-8,10-11,18H,9,12-13H2;(H,3,4)(H,5,6). The summed E-state index contributed by atoms with van der Waals surface area (Å²) in [5, 5.41) is 18.3. The highest BCUT2D eigenvalue weighted by atomic mass is 32.2. The van der Waals surface area contributed by atoms with E-state index >= 15 is 0 Å². The average molecular weight is 381 g/mol. The van der Waals surface area contributed by atoms with Crippen LogP contribution >= 0.6 is 11.8 Å². The summed E-state index contributed by atoms with van der Waals surface area (Å²) in [5.41, 5.74) is 4.43. The van der Waals surface area contributed by atoms with Gasteiger partial charge in [-0.15, -0.1) is 0 Å². The van der Waals surface area contributed by atoms with E-state index in [1.165, 1.54) is 39.6 Å². The van der Waals surface area contributed by atoms with E-state index in [2.05, 4.69) is 65.3 Å². The molecule has 2 aromatic carbocycles. The Bertz CT molecular complexity index is 942. The van der Waals surface area contributed by atoms with Gasteiger partial charge in [0.05, 0.1) is 0 Å². The van der Waals surface area contributed by atoms with Gasteiger partial charge in [0, 0.05) is 17.6 Å². The Balaban J connectivity index is 0.000000307. The molecule has 138 valence electrons. The number of carbonyl (C=O) groups is 2. The number of thioether (sulfide) groups is 1. The van der Waals surface area contributed by atoms with Crippen molar-refractivity contribution in [3.8, 4) is 0 Å². The summed E-state index contributed by atoms with van der Waals surface area (Å²) in [6.07, 6.45) is 6.06. The Labute approximate surface area is 161 Å². The van der Waals surface area contributed by atoms with Gasteiger partial charge in [-0.25, -0.2) is 9.59 Å². The zero-order chi connectivity index (χ0) is 19.2. The van der Waals surface area contributed by atoms with Crippen molar-refractivity contribution in [1.82, 2.24) is 4.98 Å². The number of benzene rings is 2. The first kappa shape index (κ1) is 18.9. The number of carboxylic acid groups (broad SMARTS) is 2. The Morgan fingerprint density at radius 1 is 1.00 bits per heavy atom. The number of aryl methyl sites for hydroxylation is 1. The van der Waals surface area contributed by atoms with Crippen LogP contribution in [0.25, 0.3) is 10.8 Å². The number of nitrogens with zero attached hydrogens (tertiary/aromatic N) is 1. The maximum absolute atomic E-state index is 9.10. The molecule has 1 aliphatic rings. The molecule has 4 rings (SSSR count). The molecule has 2 N–H and O–H groups in total. The second-order valence-corrected chi connectivity index (χ2v) is 7.45. The molecule has 1 aliphatic carbocycles. The minimum Gasteiger partial charge on any atom is -0.473 e. The third-order valence-corrected chi connectivity index (χ3v) is 5.68. The lowest BCUT2D eigenvalue weighted by atomic mass is 10.1. The molecule has 0 aliphatic heterocycles.